The molecule has 0 atom stereocenters. The van der Waals surface area contributed by atoms with Gasteiger partial charge in [0.1, 0.15) is 24.0 Å². The Kier molecular flexibility index (Phi) is 5.86. The van der Waals surface area contributed by atoms with Crippen LogP contribution in [0.1, 0.15) is 30.5 Å². The molecule has 4 heterocycles. The highest BCUT2D eigenvalue weighted by atomic mass is 32.1. The van der Waals surface area contributed by atoms with Crippen LogP contribution in [0.4, 0.5) is 24.5 Å². The van der Waals surface area contributed by atoms with Crippen molar-refractivity contribution in [3.8, 4) is 11.8 Å². The van der Waals surface area contributed by atoms with Crippen molar-refractivity contribution in [2.75, 3.05) is 49.3 Å². The summed E-state index contributed by atoms with van der Waals surface area (Å²) in [7, 11) is 0. The number of likely N-dealkylation sites (tertiary alicyclic amines) is 1. The SMILES string of the molecule is N#Cc1ncc(N2C(=O)C3(CCC3)N(c3ccc(OCCN4CC5(COC5)C4)cc3)C2=S)cc1C(F)(F)F. The summed E-state index contributed by atoms with van der Waals surface area (Å²) in [4.78, 5) is 22.4. The van der Waals surface area contributed by atoms with Crippen LogP contribution in [0.5, 0.6) is 5.75 Å². The molecule has 0 unspecified atom stereocenters. The lowest BCUT2D eigenvalue weighted by molar-refractivity contribution is -0.189. The number of carbonyl (C=O) groups excluding carboxylic acids is 1. The lowest BCUT2D eigenvalue weighted by Crippen LogP contribution is -2.66. The maximum absolute atomic E-state index is 13.6. The van der Waals surface area contributed by atoms with Gasteiger partial charge >= 0.3 is 6.18 Å². The van der Waals surface area contributed by atoms with E-state index in [1.54, 1.807) is 29.2 Å². The molecular weight excluding hydrogens is 519 g/mol. The normalized spacial score (nSPS) is 21.7. The average molecular weight is 544 g/mol. The summed E-state index contributed by atoms with van der Waals surface area (Å²) >= 11 is 5.65. The van der Waals surface area contributed by atoms with Crippen LogP contribution in [0.3, 0.4) is 0 Å². The molecule has 2 aromatic rings. The molecule has 4 aliphatic rings. The van der Waals surface area contributed by atoms with Crippen LogP contribution in [0.2, 0.25) is 0 Å². The first-order chi connectivity index (χ1) is 18.2. The molecule has 12 heteroatoms. The van der Waals surface area contributed by atoms with E-state index < -0.39 is 28.9 Å². The summed E-state index contributed by atoms with van der Waals surface area (Å²) in [6.07, 6.45) is -1.87. The third-order valence-corrected chi connectivity index (χ3v) is 8.21. The first-order valence-corrected chi connectivity index (χ1v) is 12.8. The van der Waals surface area contributed by atoms with Crippen molar-refractivity contribution in [3.05, 3.63) is 47.8 Å². The van der Waals surface area contributed by atoms with Gasteiger partial charge in [0.15, 0.2) is 10.8 Å². The van der Waals surface area contributed by atoms with Crippen molar-refractivity contribution in [2.45, 2.75) is 31.0 Å². The van der Waals surface area contributed by atoms with Crippen molar-refractivity contribution in [1.82, 2.24) is 9.88 Å². The molecule has 8 nitrogen and oxygen atoms in total. The first-order valence-electron chi connectivity index (χ1n) is 12.3. The van der Waals surface area contributed by atoms with Gasteiger partial charge in [-0.25, -0.2) is 4.98 Å². The molecule has 1 aliphatic carbocycles. The Labute approximate surface area is 222 Å². The predicted molar refractivity (Wildman–Crippen MR) is 135 cm³/mol. The molecule has 3 saturated heterocycles. The van der Waals surface area contributed by atoms with Crippen molar-refractivity contribution >= 4 is 34.6 Å². The molecule has 1 amide bonds. The number of aromatic nitrogens is 1. The van der Waals surface area contributed by atoms with Crippen LogP contribution in [-0.2, 0) is 15.7 Å². The maximum atomic E-state index is 13.6. The molecule has 2 spiro atoms. The minimum Gasteiger partial charge on any atom is -0.492 e. The molecule has 1 aromatic heterocycles. The number of hydrogen-bond donors (Lipinski definition) is 0. The van der Waals surface area contributed by atoms with Crippen molar-refractivity contribution in [1.29, 1.82) is 5.26 Å². The van der Waals surface area contributed by atoms with E-state index >= 15 is 0 Å². The molecule has 38 heavy (non-hydrogen) atoms. The number of anilines is 2. The molecule has 198 valence electrons. The number of ether oxygens (including phenoxy) is 2. The zero-order valence-electron chi connectivity index (χ0n) is 20.3. The third kappa shape index (κ3) is 3.92. The Balaban J connectivity index is 1.19. The van der Waals surface area contributed by atoms with Gasteiger partial charge in [-0.2, -0.15) is 18.4 Å². The van der Waals surface area contributed by atoms with E-state index in [4.69, 9.17) is 27.0 Å². The van der Waals surface area contributed by atoms with Crippen LogP contribution in [0.15, 0.2) is 36.5 Å². The van der Waals surface area contributed by atoms with Gasteiger partial charge in [0.05, 0.1) is 30.7 Å². The topological polar surface area (TPSA) is 81.9 Å². The minimum atomic E-state index is -4.80. The van der Waals surface area contributed by atoms with Gasteiger partial charge in [-0.3, -0.25) is 14.6 Å². The fourth-order valence-electron chi connectivity index (χ4n) is 5.71. The lowest BCUT2D eigenvalue weighted by Gasteiger charge is -2.55. The number of amides is 1. The second-order valence-corrected chi connectivity index (χ2v) is 10.8. The second-order valence-electron chi connectivity index (χ2n) is 10.4. The number of benzene rings is 1. The van der Waals surface area contributed by atoms with Gasteiger partial charge in [-0.05, 0) is 61.8 Å². The standard InChI is InChI=1S/C26H24F3N5O3S/c27-26(28,29)20-10-18(12-31-21(20)11-30)33-22(35)25(6-1-7-25)34(23(33)38)17-2-4-19(5-3-17)37-9-8-32-13-24(14-32)15-36-16-24/h2-5,10,12H,1,6-9,13-16H2. The number of hydrogen-bond acceptors (Lipinski definition) is 7. The molecule has 0 bridgehead atoms. The number of nitriles is 1. The smallest absolute Gasteiger partial charge is 0.419 e. The number of carbonyl (C=O) groups is 1. The van der Waals surface area contributed by atoms with Crippen LogP contribution < -0.4 is 14.5 Å². The van der Waals surface area contributed by atoms with Gasteiger partial charge in [-0.1, -0.05) is 0 Å². The number of halogens is 3. The van der Waals surface area contributed by atoms with Gasteiger partial charge in [0.2, 0.25) is 0 Å². The summed E-state index contributed by atoms with van der Waals surface area (Å²) in [5.41, 5.74) is -2.00. The zero-order chi connectivity index (χ0) is 26.7. The third-order valence-electron chi connectivity index (χ3n) is 7.84. The zero-order valence-corrected chi connectivity index (χ0v) is 21.1. The Morgan fingerprint density at radius 2 is 1.87 bits per heavy atom. The van der Waals surface area contributed by atoms with Crippen LogP contribution in [0, 0.1) is 16.7 Å². The number of thiocarbonyl (C=S) groups is 1. The quantitative estimate of drug-likeness (QED) is 0.510. The highest BCUT2D eigenvalue weighted by molar-refractivity contribution is 7.81. The second kappa shape index (κ2) is 8.90. The highest BCUT2D eigenvalue weighted by Crippen LogP contribution is 2.48. The van der Waals surface area contributed by atoms with E-state index in [1.165, 1.54) is 6.07 Å². The molecule has 1 aromatic carbocycles. The van der Waals surface area contributed by atoms with Gasteiger partial charge in [-0.15, -0.1) is 0 Å². The van der Waals surface area contributed by atoms with E-state index in [9.17, 15) is 18.0 Å². The van der Waals surface area contributed by atoms with Crippen molar-refractivity contribution in [2.24, 2.45) is 5.41 Å². The molecule has 0 N–H and O–H groups in total. The lowest BCUT2D eigenvalue weighted by atomic mass is 9.75. The fourth-order valence-corrected chi connectivity index (χ4v) is 6.18. The molecular formula is C26H24F3N5O3S. The van der Waals surface area contributed by atoms with E-state index in [2.05, 4.69) is 9.88 Å². The molecule has 4 fully saturated rings. The Bertz CT molecular complexity index is 1330. The predicted octanol–water partition coefficient (Wildman–Crippen LogP) is 3.74. The Morgan fingerprint density at radius 3 is 2.42 bits per heavy atom. The van der Waals surface area contributed by atoms with Gasteiger partial charge in [0.25, 0.3) is 5.91 Å². The van der Waals surface area contributed by atoms with E-state index in [1.807, 2.05) is 0 Å². The van der Waals surface area contributed by atoms with Crippen molar-refractivity contribution < 1.29 is 27.4 Å². The van der Waals surface area contributed by atoms with Crippen LogP contribution >= 0.6 is 12.2 Å². The molecule has 1 saturated carbocycles. The largest absolute Gasteiger partial charge is 0.492 e. The highest BCUT2D eigenvalue weighted by Gasteiger charge is 2.59. The monoisotopic (exact) mass is 543 g/mol. The summed E-state index contributed by atoms with van der Waals surface area (Å²) in [6, 6.07) is 9.45. The molecule has 0 radical (unpaired) electrons. The van der Waals surface area contributed by atoms with Crippen LogP contribution in [-0.4, -0.2) is 65.9 Å². The van der Waals surface area contributed by atoms with E-state index in [0.29, 0.717) is 36.3 Å². The minimum absolute atomic E-state index is 0.0784. The van der Waals surface area contributed by atoms with E-state index in [-0.39, 0.29) is 10.8 Å². The summed E-state index contributed by atoms with van der Waals surface area (Å²) in [5, 5.41) is 9.15. The number of rotatable bonds is 6. The number of alkyl halides is 3. The fraction of sp³-hybridized carbons (Fsp3) is 0.462. The Morgan fingerprint density at radius 1 is 1.16 bits per heavy atom. The first kappa shape index (κ1) is 25.0. The van der Waals surface area contributed by atoms with Gasteiger partial charge < -0.3 is 14.4 Å². The maximum Gasteiger partial charge on any atom is 0.419 e. The summed E-state index contributed by atoms with van der Waals surface area (Å²) in [5.74, 6) is 0.288. The molecule has 6 rings (SSSR count). The summed E-state index contributed by atoms with van der Waals surface area (Å²) in [6.45, 7) is 5.13. The Hall–Kier alpha value is -3.27. The summed E-state index contributed by atoms with van der Waals surface area (Å²) < 4.78 is 51.9. The average Bonchev–Trinajstić information content (AvgIpc) is 3.05. The number of nitrogens with zero attached hydrogens (tertiary/aromatic N) is 5. The van der Waals surface area contributed by atoms with Crippen LogP contribution in [0.25, 0.3) is 0 Å². The van der Waals surface area contributed by atoms with Gasteiger partial charge in [0, 0.05) is 30.7 Å². The number of pyridine rings is 1. The molecule has 3 aliphatic heterocycles. The van der Waals surface area contributed by atoms with E-state index in [0.717, 1.165) is 56.4 Å². The van der Waals surface area contributed by atoms with Crippen molar-refractivity contribution in [3.63, 3.8) is 0 Å².